The summed E-state index contributed by atoms with van der Waals surface area (Å²) >= 11 is 0. The SMILES string of the molecule is CC/C=C\C/C=C\C/C=C\C/C=C\C/C=C\CCCC(=O)OCC(COC(=O)CC/C=C\C/C=C\CCCCCCCC)OC(=O)CCC/C=C\C/C=C\C/C=C\C/C=C\CCCCC. The molecular weight excluding hydrogens is 805 g/mol. The number of hydrogen-bond donors (Lipinski definition) is 0. The second-order valence-corrected chi connectivity index (χ2v) is 16.3. The van der Waals surface area contributed by atoms with Gasteiger partial charge in [0, 0.05) is 19.3 Å². The Bertz CT molecular complexity index is 1450. The zero-order chi connectivity index (χ0) is 47.2. The van der Waals surface area contributed by atoms with Crippen LogP contribution in [-0.4, -0.2) is 37.2 Å². The Morgan fingerprint density at radius 3 is 1.06 bits per heavy atom. The van der Waals surface area contributed by atoms with Crippen LogP contribution in [0.4, 0.5) is 0 Å². The lowest BCUT2D eigenvalue weighted by atomic mass is 10.1. The minimum Gasteiger partial charge on any atom is -0.462 e. The van der Waals surface area contributed by atoms with E-state index in [0.717, 1.165) is 77.0 Å². The Morgan fingerprint density at radius 1 is 0.323 bits per heavy atom. The molecule has 0 aliphatic carbocycles. The standard InChI is InChI=1S/C59H92O6/c1-4-7-10-13-16-19-22-25-27-29-31-34-37-40-43-46-49-52-58(61)64-55-56(54-63-57(60)51-48-45-42-39-36-33-24-21-18-15-12-9-6-3)65-59(62)53-50-47-44-41-38-35-32-30-28-26-23-20-17-14-11-8-5-2/h7,10,16-17,19-20,25-28,31-36,40-45,56H,4-6,8-9,11-15,18,21-24,29-30,37-39,46-55H2,1-3H3/b10-7-,19-16-,20-17-,27-25-,28-26-,34-31-,35-32-,36-33-,43-40-,44-41-,45-42-. The summed E-state index contributed by atoms with van der Waals surface area (Å²) in [4.78, 5) is 37.9. The van der Waals surface area contributed by atoms with E-state index < -0.39 is 12.1 Å². The van der Waals surface area contributed by atoms with Crippen LogP contribution in [0.5, 0.6) is 0 Å². The molecular formula is C59H92O6. The number of esters is 3. The second kappa shape index (κ2) is 52.2. The minimum atomic E-state index is -0.856. The first-order valence-electron chi connectivity index (χ1n) is 25.7. The zero-order valence-corrected chi connectivity index (χ0v) is 41.4. The van der Waals surface area contributed by atoms with Gasteiger partial charge in [-0.25, -0.2) is 0 Å². The van der Waals surface area contributed by atoms with Gasteiger partial charge in [-0.2, -0.15) is 0 Å². The molecule has 0 amide bonds. The van der Waals surface area contributed by atoms with Crippen molar-refractivity contribution in [2.24, 2.45) is 0 Å². The molecule has 6 heteroatoms. The van der Waals surface area contributed by atoms with Gasteiger partial charge in [-0.3, -0.25) is 14.4 Å². The number of carbonyl (C=O) groups is 3. The van der Waals surface area contributed by atoms with Gasteiger partial charge in [-0.1, -0.05) is 199 Å². The molecule has 0 aliphatic heterocycles. The highest BCUT2D eigenvalue weighted by atomic mass is 16.6. The first-order chi connectivity index (χ1) is 32.0. The Hall–Kier alpha value is -4.45. The Kier molecular flexibility index (Phi) is 48.6. The van der Waals surface area contributed by atoms with Crippen LogP contribution in [-0.2, 0) is 28.6 Å². The van der Waals surface area contributed by atoms with Gasteiger partial charge in [0.15, 0.2) is 6.10 Å². The molecule has 0 saturated carbocycles. The molecule has 0 spiro atoms. The average Bonchev–Trinajstić information content (AvgIpc) is 3.30. The first-order valence-corrected chi connectivity index (χ1v) is 25.7. The van der Waals surface area contributed by atoms with Crippen molar-refractivity contribution in [3.8, 4) is 0 Å². The fraction of sp³-hybridized carbons (Fsp3) is 0.576. The minimum absolute atomic E-state index is 0.151. The molecule has 1 unspecified atom stereocenters. The number of allylic oxidation sites excluding steroid dienone is 22. The maximum absolute atomic E-state index is 12.8. The summed E-state index contributed by atoms with van der Waals surface area (Å²) in [5, 5.41) is 0. The van der Waals surface area contributed by atoms with Crippen molar-refractivity contribution in [2.75, 3.05) is 13.2 Å². The highest BCUT2D eigenvalue weighted by Crippen LogP contribution is 2.10. The van der Waals surface area contributed by atoms with Gasteiger partial charge in [0.1, 0.15) is 13.2 Å². The largest absolute Gasteiger partial charge is 0.462 e. The van der Waals surface area contributed by atoms with Crippen LogP contribution in [0.3, 0.4) is 0 Å². The van der Waals surface area contributed by atoms with Crippen molar-refractivity contribution >= 4 is 17.9 Å². The van der Waals surface area contributed by atoms with Gasteiger partial charge < -0.3 is 14.2 Å². The monoisotopic (exact) mass is 897 g/mol. The first kappa shape index (κ1) is 60.5. The quantitative estimate of drug-likeness (QED) is 0.0262. The van der Waals surface area contributed by atoms with Gasteiger partial charge in [0.2, 0.25) is 0 Å². The van der Waals surface area contributed by atoms with Gasteiger partial charge >= 0.3 is 17.9 Å². The van der Waals surface area contributed by atoms with Gasteiger partial charge in [0.05, 0.1) is 0 Å². The second-order valence-electron chi connectivity index (χ2n) is 16.3. The summed E-state index contributed by atoms with van der Waals surface area (Å²) in [6.07, 6.45) is 73.1. The van der Waals surface area contributed by atoms with Crippen molar-refractivity contribution in [3.63, 3.8) is 0 Å². The molecule has 6 nitrogen and oxygen atoms in total. The van der Waals surface area contributed by atoms with Crippen LogP contribution in [0.1, 0.15) is 201 Å². The lowest BCUT2D eigenvalue weighted by Gasteiger charge is -2.18. The van der Waals surface area contributed by atoms with E-state index >= 15 is 0 Å². The molecule has 0 saturated heterocycles. The van der Waals surface area contributed by atoms with E-state index in [1.165, 1.54) is 64.2 Å². The van der Waals surface area contributed by atoms with Gasteiger partial charge in [0.25, 0.3) is 0 Å². The van der Waals surface area contributed by atoms with Crippen molar-refractivity contribution < 1.29 is 28.6 Å². The highest BCUT2D eigenvalue weighted by Gasteiger charge is 2.19. The maximum Gasteiger partial charge on any atom is 0.306 e. The number of rotatable bonds is 44. The summed E-state index contributed by atoms with van der Waals surface area (Å²) in [6, 6.07) is 0. The number of carbonyl (C=O) groups excluding carboxylic acids is 3. The fourth-order valence-electron chi connectivity index (χ4n) is 6.29. The maximum atomic E-state index is 12.8. The lowest BCUT2D eigenvalue weighted by Crippen LogP contribution is -2.30. The van der Waals surface area contributed by atoms with Crippen LogP contribution in [0, 0.1) is 0 Å². The molecule has 0 aliphatic rings. The number of hydrogen-bond acceptors (Lipinski definition) is 6. The lowest BCUT2D eigenvalue weighted by molar-refractivity contribution is -0.166. The fourth-order valence-corrected chi connectivity index (χ4v) is 6.29. The smallest absolute Gasteiger partial charge is 0.306 e. The van der Waals surface area contributed by atoms with E-state index in [9.17, 15) is 14.4 Å². The topological polar surface area (TPSA) is 78.9 Å². The molecule has 0 heterocycles. The van der Waals surface area contributed by atoms with Crippen molar-refractivity contribution in [1.29, 1.82) is 0 Å². The van der Waals surface area contributed by atoms with Crippen LogP contribution in [0.15, 0.2) is 134 Å². The summed E-state index contributed by atoms with van der Waals surface area (Å²) in [5.74, 6) is -1.14. The highest BCUT2D eigenvalue weighted by molar-refractivity contribution is 5.71. The van der Waals surface area contributed by atoms with E-state index in [-0.39, 0.29) is 44.4 Å². The van der Waals surface area contributed by atoms with E-state index in [1.54, 1.807) is 0 Å². The molecule has 364 valence electrons. The molecule has 0 aromatic carbocycles. The molecule has 0 N–H and O–H groups in total. The van der Waals surface area contributed by atoms with Crippen molar-refractivity contribution in [2.45, 2.75) is 207 Å². The van der Waals surface area contributed by atoms with E-state index in [0.29, 0.717) is 19.3 Å². The molecule has 0 bridgehead atoms. The normalized spacial score (nSPS) is 13.2. The molecule has 0 radical (unpaired) electrons. The van der Waals surface area contributed by atoms with Crippen molar-refractivity contribution in [1.82, 2.24) is 0 Å². The summed E-state index contributed by atoms with van der Waals surface area (Å²) in [5.41, 5.74) is 0. The molecule has 0 rings (SSSR count). The van der Waals surface area contributed by atoms with Crippen LogP contribution >= 0.6 is 0 Å². The van der Waals surface area contributed by atoms with Crippen LogP contribution in [0.2, 0.25) is 0 Å². The van der Waals surface area contributed by atoms with E-state index in [2.05, 4.69) is 148 Å². The Labute approximate surface area is 398 Å². The summed E-state index contributed by atoms with van der Waals surface area (Å²) < 4.78 is 16.6. The zero-order valence-electron chi connectivity index (χ0n) is 41.4. The number of unbranched alkanes of at least 4 members (excludes halogenated alkanes) is 11. The van der Waals surface area contributed by atoms with Gasteiger partial charge in [-0.05, 0) is 116 Å². The average molecular weight is 897 g/mol. The predicted octanol–water partition coefficient (Wildman–Crippen LogP) is 17.1. The van der Waals surface area contributed by atoms with Crippen LogP contribution in [0.25, 0.3) is 0 Å². The third kappa shape index (κ3) is 50.4. The predicted molar refractivity (Wildman–Crippen MR) is 279 cm³/mol. The Morgan fingerprint density at radius 2 is 0.631 bits per heavy atom. The van der Waals surface area contributed by atoms with Gasteiger partial charge in [-0.15, -0.1) is 0 Å². The number of ether oxygens (including phenoxy) is 3. The summed E-state index contributed by atoms with van der Waals surface area (Å²) in [7, 11) is 0. The van der Waals surface area contributed by atoms with E-state index in [4.69, 9.17) is 14.2 Å². The van der Waals surface area contributed by atoms with E-state index in [1.807, 2.05) is 6.08 Å². The third-order valence-corrected chi connectivity index (χ3v) is 10.1. The molecule has 65 heavy (non-hydrogen) atoms. The molecule has 1 atom stereocenters. The third-order valence-electron chi connectivity index (χ3n) is 10.1. The molecule has 0 aromatic rings. The van der Waals surface area contributed by atoms with Crippen LogP contribution < -0.4 is 0 Å². The van der Waals surface area contributed by atoms with Crippen molar-refractivity contribution in [3.05, 3.63) is 134 Å². The summed E-state index contributed by atoms with van der Waals surface area (Å²) in [6.45, 7) is 6.31. The molecule has 0 fully saturated rings. The molecule has 0 aromatic heterocycles. The Balaban J connectivity index is 4.66.